The Labute approximate surface area is 189 Å². The van der Waals surface area contributed by atoms with Crippen molar-refractivity contribution in [2.45, 2.75) is 33.7 Å². The molecule has 0 aliphatic rings. The van der Waals surface area contributed by atoms with E-state index in [9.17, 15) is 18.4 Å². The van der Waals surface area contributed by atoms with Crippen molar-refractivity contribution in [3.8, 4) is 11.3 Å². The number of Topliss-reactive ketones (excluding diaryl/α,β-unsaturated/α-hetero) is 1. The van der Waals surface area contributed by atoms with Crippen LogP contribution in [0.1, 0.15) is 41.9 Å². The Hall–Kier alpha value is -3.81. The van der Waals surface area contributed by atoms with Gasteiger partial charge in [0.15, 0.2) is 5.78 Å². The van der Waals surface area contributed by atoms with Crippen LogP contribution in [0.3, 0.4) is 0 Å². The first kappa shape index (κ1) is 22.4. The summed E-state index contributed by atoms with van der Waals surface area (Å²) in [4.78, 5) is 30.8. The lowest BCUT2D eigenvalue weighted by atomic mass is 10.0. The summed E-state index contributed by atoms with van der Waals surface area (Å²) in [6.45, 7) is 5.25. The number of halogens is 2. The highest BCUT2D eigenvalue weighted by Crippen LogP contribution is 2.25. The second-order valence-corrected chi connectivity index (χ2v) is 8.50. The number of hydrogen-bond donors (Lipinski definition) is 1. The number of anilines is 1. The minimum atomic E-state index is -0.719. The molecule has 8 heteroatoms. The lowest BCUT2D eigenvalue weighted by Gasteiger charge is -2.13. The number of carbonyl (C=O) groups excluding carboxylic acids is 1. The average molecular weight is 450 g/mol. The number of fused-ring (bicyclic) bond motifs is 1. The van der Waals surface area contributed by atoms with Crippen LogP contribution in [0.5, 0.6) is 0 Å². The Morgan fingerprint density at radius 2 is 1.73 bits per heavy atom. The summed E-state index contributed by atoms with van der Waals surface area (Å²) in [5, 5.41) is 0. The average Bonchev–Trinajstić information content (AvgIpc) is 3.10. The Kier molecular flexibility index (Phi) is 5.84. The molecule has 0 bridgehead atoms. The maximum atomic E-state index is 14.4. The molecule has 0 spiro atoms. The highest BCUT2D eigenvalue weighted by atomic mass is 19.1. The number of carbonyl (C=O) groups is 1. The van der Waals surface area contributed by atoms with Crippen molar-refractivity contribution in [2.75, 3.05) is 5.73 Å². The fraction of sp³-hybridized carbons (Fsp3) is 0.240. The van der Waals surface area contributed by atoms with Crippen molar-refractivity contribution in [2.24, 2.45) is 5.92 Å². The van der Waals surface area contributed by atoms with Gasteiger partial charge in [0.25, 0.3) is 5.56 Å². The summed E-state index contributed by atoms with van der Waals surface area (Å²) < 4.78 is 31.6. The van der Waals surface area contributed by atoms with Gasteiger partial charge in [0.2, 0.25) is 5.78 Å². The third kappa shape index (κ3) is 4.16. The van der Waals surface area contributed by atoms with Crippen molar-refractivity contribution >= 4 is 17.2 Å². The van der Waals surface area contributed by atoms with Crippen LogP contribution < -0.4 is 11.3 Å². The van der Waals surface area contributed by atoms with E-state index in [0.717, 1.165) is 5.56 Å². The summed E-state index contributed by atoms with van der Waals surface area (Å²) in [5.74, 6) is -1.54. The molecule has 2 aromatic heterocycles. The second-order valence-electron chi connectivity index (χ2n) is 8.50. The number of ketones is 1. The standard InChI is InChI=1S/C25H24F2N4O2/c1-14(2)11-22(32)19-13-30(12-18-20(26)5-4-6-21(18)27)25-29-23(15(3)31(25)24(19)33)16-7-9-17(28)10-8-16/h4-10,13-14H,11-12,28H2,1-3H3. The van der Waals surface area contributed by atoms with Gasteiger partial charge in [-0.3, -0.25) is 9.59 Å². The zero-order valence-electron chi connectivity index (χ0n) is 18.6. The number of rotatable bonds is 6. The van der Waals surface area contributed by atoms with Crippen molar-refractivity contribution in [3.05, 3.63) is 87.5 Å². The molecule has 0 saturated carbocycles. The highest BCUT2D eigenvalue weighted by molar-refractivity contribution is 5.95. The van der Waals surface area contributed by atoms with E-state index in [-0.39, 0.29) is 41.6 Å². The predicted octanol–water partition coefficient (Wildman–Crippen LogP) is 4.61. The van der Waals surface area contributed by atoms with Crippen LogP contribution in [0.25, 0.3) is 17.0 Å². The number of nitrogen functional groups attached to an aromatic ring is 1. The fourth-order valence-electron chi connectivity index (χ4n) is 3.87. The molecule has 2 aromatic carbocycles. The van der Waals surface area contributed by atoms with Crippen LogP contribution >= 0.6 is 0 Å². The lowest BCUT2D eigenvalue weighted by molar-refractivity contribution is 0.0965. The van der Waals surface area contributed by atoms with Crippen LogP contribution in [0, 0.1) is 24.5 Å². The van der Waals surface area contributed by atoms with E-state index in [1.54, 1.807) is 31.2 Å². The molecule has 0 aliphatic heterocycles. The summed E-state index contributed by atoms with van der Waals surface area (Å²) >= 11 is 0. The van der Waals surface area contributed by atoms with Gasteiger partial charge < -0.3 is 10.3 Å². The second kappa shape index (κ2) is 8.61. The van der Waals surface area contributed by atoms with Gasteiger partial charge in [-0.05, 0) is 37.1 Å². The number of nitrogens with zero attached hydrogens (tertiary/aromatic N) is 3. The Balaban J connectivity index is 1.99. The molecular formula is C25H24F2N4O2. The topological polar surface area (TPSA) is 82.4 Å². The van der Waals surface area contributed by atoms with E-state index < -0.39 is 17.2 Å². The van der Waals surface area contributed by atoms with E-state index in [2.05, 4.69) is 4.98 Å². The molecule has 0 amide bonds. The van der Waals surface area contributed by atoms with Crippen LogP contribution in [0.2, 0.25) is 0 Å². The smallest absolute Gasteiger partial charge is 0.270 e. The maximum absolute atomic E-state index is 14.4. The van der Waals surface area contributed by atoms with Gasteiger partial charge in [-0.25, -0.2) is 18.2 Å². The van der Waals surface area contributed by atoms with Crippen LogP contribution in [0.15, 0.2) is 53.5 Å². The molecule has 170 valence electrons. The van der Waals surface area contributed by atoms with Crippen molar-refractivity contribution in [1.82, 2.24) is 14.0 Å². The van der Waals surface area contributed by atoms with Gasteiger partial charge >= 0.3 is 0 Å². The molecule has 33 heavy (non-hydrogen) atoms. The summed E-state index contributed by atoms with van der Waals surface area (Å²) in [6.07, 6.45) is 1.53. The van der Waals surface area contributed by atoms with E-state index in [0.29, 0.717) is 17.1 Å². The molecule has 0 atom stereocenters. The van der Waals surface area contributed by atoms with E-state index in [1.165, 1.54) is 33.4 Å². The number of aromatic nitrogens is 3. The van der Waals surface area contributed by atoms with Gasteiger partial charge in [-0.1, -0.05) is 32.0 Å². The molecule has 2 N–H and O–H groups in total. The molecule has 0 fully saturated rings. The molecule has 4 aromatic rings. The van der Waals surface area contributed by atoms with Crippen molar-refractivity contribution in [3.63, 3.8) is 0 Å². The van der Waals surface area contributed by atoms with Gasteiger partial charge in [-0.2, -0.15) is 0 Å². The number of hydrogen-bond acceptors (Lipinski definition) is 4. The Morgan fingerprint density at radius 1 is 1.09 bits per heavy atom. The molecule has 2 heterocycles. The third-order valence-electron chi connectivity index (χ3n) is 5.53. The minimum Gasteiger partial charge on any atom is -0.399 e. The molecule has 0 saturated heterocycles. The minimum absolute atomic E-state index is 0.0410. The largest absolute Gasteiger partial charge is 0.399 e. The number of imidazole rings is 1. The van der Waals surface area contributed by atoms with Crippen molar-refractivity contribution in [1.29, 1.82) is 0 Å². The van der Waals surface area contributed by atoms with E-state index in [4.69, 9.17) is 5.73 Å². The van der Waals surface area contributed by atoms with Gasteiger partial charge in [-0.15, -0.1) is 0 Å². The Bertz CT molecular complexity index is 1400. The monoisotopic (exact) mass is 450 g/mol. The Morgan fingerprint density at radius 3 is 2.33 bits per heavy atom. The van der Waals surface area contributed by atoms with E-state index in [1.807, 2.05) is 13.8 Å². The van der Waals surface area contributed by atoms with Crippen LogP contribution in [-0.2, 0) is 6.54 Å². The fourth-order valence-corrected chi connectivity index (χ4v) is 3.87. The van der Waals surface area contributed by atoms with Gasteiger partial charge in [0.05, 0.1) is 23.5 Å². The first-order valence-electron chi connectivity index (χ1n) is 10.6. The van der Waals surface area contributed by atoms with Crippen LogP contribution in [-0.4, -0.2) is 19.7 Å². The van der Waals surface area contributed by atoms with Crippen molar-refractivity contribution < 1.29 is 13.6 Å². The number of aryl methyl sites for hydroxylation is 1. The normalized spacial score (nSPS) is 11.5. The highest BCUT2D eigenvalue weighted by Gasteiger charge is 2.22. The molecular weight excluding hydrogens is 426 g/mol. The molecule has 0 radical (unpaired) electrons. The first-order chi connectivity index (χ1) is 15.7. The predicted molar refractivity (Wildman–Crippen MR) is 123 cm³/mol. The maximum Gasteiger partial charge on any atom is 0.270 e. The molecule has 6 nitrogen and oxygen atoms in total. The molecule has 0 unspecified atom stereocenters. The number of benzene rings is 2. The zero-order chi connectivity index (χ0) is 23.9. The summed E-state index contributed by atoms with van der Waals surface area (Å²) in [5.41, 5.74) is 7.39. The molecule has 0 aliphatic carbocycles. The quantitative estimate of drug-likeness (QED) is 0.344. The third-order valence-corrected chi connectivity index (χ3v) is 5.53. The molecule has 4 rings (SSSR count). The van der Waals surface area contributed by atoms with Gasteiger partial charge in [0, 0.05) is 29.4 Å². The SMILES string of the molecule is Cc1c(-c2ccc(N)cc2)nc2n(Cc3c(F)cccc3F)cc(C(=O)CC(C)C)c(=O)n12. The first-order valence-corrected chi connectivity index (χ1v) is 10.6. The van der Waals surface area contributed by atoms with Crippen LogP contribution in [0.4, 0.5) is 14.5 Å². The summed E-state index contributed by atoms with van der Waals surface area (Å²) in [6, 6.07) is 10.6. The zero-order valence-corrected chi connectivity index (χ0v) is 18.6. The van der Waals surface area contributed by atoms with Gasteiger partial charge in [0.1, 0.15) is 11.6 Å². The lowest BCUT2D eigenvalue weighted by Crippen LogP contribution is -2.27. The van der Waals surface area contributed by atoms with E-state index >= 15 is 0 Å². The summed E-state index contributed by atoms with van der Waals surface area (Å²) in [7, 11) is 0. The number of nitrogens with two attached hydrogens (primary N) is 1.